The van der Waals surface area contributed by atoms with E-state index >= 15 is 0 Å². The number of methoxy groups -OCH3 is 1. The van der Waals surface area contributed by atoms with Gasteiger partial charge in [0.2, 0.25) is 5.91 Å². The SMILES string of the molecule is COc1ccc(NC(N)=NCCCC(=O)N2CCc3ccccc3C2)cc1Cl. The van der Waals surface area contributed by atoms with Crippen LogP contribution in [0.5, 0.6) is 5.75 Å². The van der Waals surface area contributed by atoms with Gasteiger partial charge in [-0.2, -0.15) is 0 Å². The number of halogens is 1. The molecule has 28 heavy (non-hydrogen) atoms. The molecule has 1 amide bonds. The molecule has 6 nitrogen and oxygen atoms in total. The number of hydrogen-bond donors (Lipinski definition) is 2. The minimum atomic E-state index is 0.165. The zero-order valence-corrected chi connectivity index (χ0v) is 16.7. The largest absolute Gasteiger partial charge is 0.495 e. The van der Waals surface area contributed by atoms with Crippen LogP contribution in [0.1, 0.15) is 24.0 Å². The highest BCUT2D eigenvalue weighted by atomic mass is 35.5. The Morgan fingerprint density at radius 3 is 2.82 bits per heavy atom. The Labute approximate surface area is 170 Å². The molecular formula is C21H25ClN4O2. The first-order valence-corrected chi connectivity index (χ1v) is 9.69. The summed E-state index contributed by atoms with van der Waals surface area (Å²) in [5.74, 6) is 1.06. The van der Waals surface area contributed by atoms with Gasteiger partial charge in [-0.1, -0.05) is 35.9 Å². The van der Waals surface area contributed by atoms with Gasteiger partial charge >= 0.3 is 0 Å². The van der Waals surface area contributed by atoms with E-state index in [1.165, 1.54) is 11.1 Å². The Bertz CT molecular complexity index is 869. The number of rotatable bonds is 6. The number of aliphatic imine (C=N–C) groups is 1. The van der Waals surface area contributed by atoms with Crippen LogP contribution in [0.2, 0.25) is 5.02 Å². The summed E-state index contributed by atoms with van der Waals surface area (Å²) >= 11 is 6.09. The predicted molar refractivity (Wildman–Crippen MR) is 113 cm³/mol. The number of carbonyl (C=O) groups is 1. The molecule has 1 aliphatic heterocycles. The Morgan fingerprint density at radius 2 is 2.07 bits per heavy atom. The maximum absolute atomic E-state index is 12.4. The summed E-state index contributed by atoms with van der Waals surface area (Å²) in [4.78, 5) is 18.7. The van der Waals surface area contributed by atoms with Gasteiger partial charge in [-0.3, -0.25) is 9.79 Å². The minimum Gasteiger partial charge on any atom is -0.495 e. The fourth-order valence-electron chi connectivity index (χ4n) is 3.23. The summed E-state index contributed by atoms with van der Waals surface area (Å²) in [7, 11) is 1.56. The normalized spacial score (nSPS) is 13.8. The standard InChI is InChI=1S/C21H25ClN4O2/c1-28-19-9-8-17(13-18(19)22)25-21(23)24-11-4-7-20(27)26-12-10-15-5-2-3-6-16(15)14-26/h2-3,5-6,8-9,13H,4,7,10-12,14H2,1H3,(H3,23,24,25). The quantitative estimate of drug-likeness (QED) is 0.442. The third kappa shape index (κ3) is 5.16. The third-order valence-electron chi connectivity index (χ3n) is 4.74. The van der Waals surface area contributed by atoms with Gasteiger partial charge in [0.1, 0.15) is 5.75 Å². The minimum absolute atomic E-state index is 0.165. The molecule has 1 heterocycles. The summed E-state index contributed by atoms with van der Waals surface area (Å²) in [6.07, 6.45) is 2.04. The molecule has 7 heteroatoms. The van der Waals surface area contributed by atoms with E-state index in [1.54, 1.807) is 19.2 Å². The van der Waals surface area contributed by atoms with E-state index in [4.69, 9.17) is 22.1 Å². The molecule has 0 unspecified atom stereocenters. The highest BCUT2D eigenvalue weighted by Crippen LogP contribution is 2.27. The number of hydrogen-bond acceptors (Lipinski definition) is 3. The van der Waals surface area contributed by atoms with Crippen molar-refractivity contribution < 1.29 is 9.53 Å². The Hall–Kier alpha value is -2.73. The van der Waals surface area contributed by atoms with Gasteiger partial charge < -0.3 is 20.7 Å². The van der Waals surface area contributed by atoms with Crippen molar-refractivity contribution in [1.29, 1.82) is 0 Å². The van der Waals surface area contributed by atoms with Crippen LogP contribution in [0.4, 0.5) is 5.69 Å². The lowest BCUT2D eigenvalue weighted by atomic mass is 9.99. The van der Waals surface area contributed by atoms with Crippen molar-refractivity contribution in [3.8, 4) is 5.75 Å². The number of carbonyl (C=O) groups excluding carboxylic acids is 1. The number of guanidine groups is 1. The Kier molecular flexibility index (Phi) is 6.76. The zero-order valence-electron chi connectivity index (χ0n) is 16.0. The molecule has 1 aliphatic rings. The molecule has 0 aromatic heterocycles. The molecule has 0 atom stereocenters. The average molecular weight is 401 g/mol. The van der Waals surface area contributed by atoms with E-state index in [9.17, 15) is 4.79 Å². The first-order chi connectivity index (χ1) is 13.6. The maximum atomic E-state index is 12.4. The molecule has 0 saturated carbocycles. The van der Waals surface area contributed by atoms with Crippen LogP contribution < -0.4 is 15.8 Å². The fraction of sp³-hybridized carbons (Fsp3) is 0.333. The average Bonchev–Trinajstić information content (AvgIpc) is 2.71. The Morgan fingerprint density at radius 1 is 1.29 bits per heavy atom. The van der Waals surface area contributed by atoms with Crippen molar-refractivity contribution >= 4 is 29.2 Å². The molecule has 3 N–H and O–H groups in total. The molecule has 0 aliphatic carbocycles. The molecule has 0 bridgehead atoms. The van der Waals surface area contributed by atoms with Gasteiger partial charge in [0.15, 0.2) is 5.96 Å². The molecule has 2 aromatic carbocycles. The van der Waals surface area contributed by atoms with Crippen molar-refractivity contribution in [2.45, 2.75) is 25.8 Å². The van der Waals surface area contributed by atoms with Crippen molar-refractivity contribution in [3.63, 3.8) is 0 Å². The molecule has 0 spiro atoms. The first kappa shape index (κ1) is 20.0. The van der Waals surface area contributed by atoms with Crippen LogP contribution in [0.15, 0.2) is 47.5 Å². The number of anilines is 1. The lowest BCUT2D eigenvalue weighted by molar-refractivity contribution is -0.132. The van der Waals surface area contributed by atoms with Crippen LogP contribution >= 0.6 is 11.6 Å². The van der Waals surface area contributed by atoms with Crippen LogP contribution in [0.3, 0.4) is 0 Å². The van der Waals surface area contributed by atoms with Crippen molar-refractivity contribution in [3.05, 3.63) is 58.6 Å². The van der Waals surface area contributed by atoms with Gasteiger partial charge in [0.05, 0.1) is 12.1 Å². The molecule has 2 aromatic rings. The van der Waals surface area contributed by atoms with E-state index < -0.39 is 0 Å². The first-order valence-electron chi connectivity index (χ1n) is 9.32. The number of amides is 1. The van der Waals surface area contributed by atoms with E-state index in [2.05, 4.69) is 22.4 Å². The van der Waals surface area contributed by atoms with Gasteiger partial charge in [-0.25, -0.2) is 0 Å². The number of nitrogens with two attached hydrogens (primary N) is 1. The van der Waals surface area contributed by atoms with Crippen LogP contribution in [0.25, 0.3) is 0 Å². The van der Waals surface area contributed by atoms with Gasteiger partial charge in [-0.05, 0) is 42.2 Å². The lowest BCUT2D eigenvalue weighted by Gasteiger charge is -2.28. The van der Waals surface area contributed by atoms with E-state index in [0.717, 1.165) is 18.7 Å². The van der Waals surface area contributed by atoms with E-state index in [0.29, 0.717) is 42.7 Å². The molecule has 0 fully saturated rings. The van der Waals surface area contributed by atoms with E-state index in [1.807, 2.05) is 23.1 Å². The van der Waals surface area contributed by atoms with Gasteiger partial charge in [0.25, 0.3) is 0 Å². The summed E-state index contributed by atoms with van der Waals surface area (Å²) in [6.45, 7) is 1.96. The second-order valence-electron chi connectivity index (χ2n) is 6.68. The Balaban J connectivity index is 1.43. The van der Waals surface area contributed by atoms with Crippen LogP contribution in [-0.4, -0.2) is 37.0 Å². The lowest BCUT2D eigenvalue weighted by Crippen LogP contribution is -2.35. The topological polar surface area (TPSA) is 80.0 Å². The zero-order chi connectivity index (χ0) is 19.9. The number of fused-ring (bicyclic) bond motifs is 1. The number of ether oxygens (including phenoxy) is 1. The van der Waals surface area contributed by atoms with Crippen molar-refractivity contribution in [2.24, 2.45) is 10.7 Å². The van der Waals surface area contributed by atoms with Crippen LogP contribution in [0, 0.1) is 0 Å². The maximum Gasteiger partial charge on any atom is 0.222 e. The molecule has 0 saturated heterocycles. The van der Waals surface area contributed by atoms with Crippen LogP contribution in [-0.2, 0) is 17.8 Å². The van der Waals surface area contributed by atoms with E-state index in [-0.39, 0.29) is 5.91 Å². The highest BCUT2D eigenvalue weighted by Gasteiger charge is 2.19. The monoisotopic (exact) mass is 400 g/mol. The summed E-state index contributed by atoms with van der Waals surface area (Å²) < 4.78 is 5.12. The highest BCUT2D eigenvalue weighted by molar-refractivity contribution is 6.32. The smallest absolute Gasteiger partial charge is 0.222 e. The number of nitrogens with zero attached hydrogens (tertiary/aromatic N) is 2. The summed E-state index contributed by atoms with van der Waals surface area (Å²) in [5.41, 5.74) is 9.22. The fourth-order valence-corrected chi connectivity index (χ4v) is 3.49. The van der Waals surface area contributed by atoms with Crippen molar-refractivity contribution in [2.75, 3.05) is 25.5 Å². The molecule has 0 radical (unpaired) electrons. The number of nitrogens with one attached hydrogen (secondary N) is 1. The molecule has 148 valence electrons. The summed E-state index contributed by atoms with van der Waals surface area (Å²) in [6, 6.07) is 13.6. The third-order valence-corrected chi connectivity index (χ3v) is 5.03. The summed E-state index contributed by atoms with van der Waals surface area (Å²) in [5, 5.41) is 3.48. The second kappa shape index (κ2) is 9.46. The molecular weight excluding hydrogens is 376 g/mol. The second-order valence-corrected chi connectivity index (χ2v) is 7.09. The van der Waals surface area contributed by atoms with Gasteiger partial charge in [-0.15, -0.1) is 0 Å². The van der Waals surface area contributed by atoms with Crippen molar-refractivity contribution in [1.82, 2.24) is 4.90 Å². The predicted octanol–water partition coefficient (Wildman–Crippen LogP) is 3.44. The number of benzene rings is 2. The van der Waals surface area contributed by atoms with Gasteiger partial charge in [0, 0.05) is 31.7 Å². The molecule has 3 rings (SSSR count).